The fourth-order valence-electron chi connectivity index (χ4n) is 2.45. The third-order valence-electron chi connectivity index (χ3n) is 3.97. The molecule has 3 rings (SSSR count). The number of carbonyl (C=O) groups is 1. The minimum absolute atomic E-state index is 0.0753. The summed E-state index contributed by atoms with van der Waals surface area (Å²) >= 11 is 6.53. The summed E-state index contributed by atoms with van der Waals surface area (Å²) in [5.41, 5.74) is 1.24. The molecule has 0 aliphatic carbocycles. The van der Waals surface area contributed by atoms with E-state index in [2.05, 4.69) is 6.92 Å². The first kappa shape index (κ1) is 18.6. The molecule has 0 radical (unpaired) electrons. The largest absolute Gasteiger partial charge is 0.490 e. The van der Waals surface area contributed by atoms with Gasteiger partial charge in [-0.25, -0.2) is 4.39 Å². The summed E-state index contributed by atoms with van der Waals surface area (Å²) in [6.07, 6.45) is 2.73. The molecule has 0 saturated carbocycles. The highest BCUT2D eigenvalue weighted by Gasteiger charge is 2.33. The molecule has 0 spiro atoms. The second-order valence-electron chi connectivity index (χ2n) is 5.87. The Labute approximate surface area is 161 Å². The van der Waals surface area contributed by atoms with Gasteiger partial charge in [-0.3, -0.25) is 9.69 Å². The van der Waals surface area contributed by atoms with Gasteiger partial charge in [0.25, 0.3) is 5.91 Å². The zero-order valence-corrected chi connectivity index (χ0v) is 16.1. The topological polar surface area (TPSA) is 29.5 Å². The van der Waals surface area contributed by atoms with Crippen molar-refractivity contribution < 1.29 is 13.9 Å². The molecule has 134 valence electrons. The van der Waals surface area contributed by atoms with E-state index < -0.39 is 5.82 Å². The van der Waals surface area contributed by atoms with E-state index in [1.165, 1.54) is 28.8 Å². The van der Waals surface area contributed by atoms with Gasteiger partial charge in [0.05, 0.1) is 16.7 Å². The smallest absolute Gasteiger partial charge is 0.270 e. The monoisotopic (exact) mass is 387 g/mol. The van der Waals surface area contributed by atoms with E-state index in [1.807, 2.05) is 31.2 Å². The Kier molecular flexibility index (Phi) is 5.74. The third kappa shape index (κ3) is 3.97. The lowest BCUT2D eigenvalue weighted by molar-refractivity contribution is -0.113. The summed E-state index contributed by atoms with van der Waals surface area (Å²) in [5, 5.41) is 0. The van der Waals surface area contributed by atoms with Crippen LogP contribution in [0.2, 0.25) is 0 Å². The van der Waals surface area contributed by atoms with Gasteiger partial charge in [-0.15, -0.1) is 0 Å². The number of ether oxygens (including phenoxy) is 1. The number of para-hydroxylation sites is 1. The average Bonchev–Trinajstić information content (AvgIpc) is 2.90. The van der Waals surface area contributed by atoms with Crippen LogP contribution in [-0.2, 0) is 4.79 Å². The predicted molar refractivity (Wildman–Crippen MR) is 109 cm³/mol. The molecule has 1 fully saturated rings. The van der Waals surface area contributed by atoms with Crippen molar-refractivity contribution in [2.45, 2.75) is 26.4 Å². The Morgan fingerprint density at radius 2 is 2.04 bits per heavy atom. The highest BCUT2D eigenvalue weighted by atomic mass is 32.2. The lowest BCUT2D eigenvalue weighted by Crippen LogP contribution is -2.27. The molecule has 1 atom stereocenters. The zero-order valence-electron chi connectivity index (χ0n) is 14.4. The molecule has 0 unspecified atom stereocenters. The maximum atomic E-state index is 13.5. The molecular weight excluding hydrogens is 369 g/mol. The van der Waals surface area contributed by atoms with Crippen LogP contribution >= 0.6 is 24.0 Å². The van der Waals surface area contributed by atoms with Crippen molar-refractivity contribution in [2.24, 2.45) is 0 Å². The number of carbonyl (C=O) groups excluding carboxylic acids is 1. The van der Waals surface area contributed by atoms with Crippen LogP contribution < -0.4 is 9.64 Å². The summed E-state index contributed by atoms with van der Waals surface area (Å²) in [5.74, 6) is 0.0506. The molecule has 1 saturated heterocycles. The number of thiocarbonyl (C=S) groups is 1. The van der Waals surface area contributed by atoms with Gasteiger partial charge in [0.2, 0.25) is 0 Å². The maximum absolute atomic E-state index is 13.5. The van der Waals surface area contributed by atoms with Gasteiger partial charge in [-0.1, -0.05) is 55.2 Å². The van der Waals surface area contributed by atoms with Gasteiger partial charge in [-0.2, -0.15) is 0 Å². The predicted octanol–water partition coefficient (Wildman–Crippen LogP) is 5.41. The Hall–Kier alpha value is -2.18. The second kappa shape index (κ2) is 8.01. The molecule has 1 heterocycles. The molecule has 1 amide bonds. The minimum atomic E-state index is -0.409. The van der Waals surface area contributed by atoms with Gasteiger partial charge in [0, 0.05) is 5.56 Å². The summed E-state index contributed by atoms with van der Waals surface area (Å²) in [4.78, 5) is 14.6. The Morgan fingerprint density at radius 1 is 1.27 bits per heavy atom. The number of benzene rings is 2. The van der Waals surface area contributed by atoms with Crippen LogP contribution in [0.1, 0.15) is 25.8 Å². The van der Waals surface area contributed by atoms with Crippen LogP contribution in [0.4, 0.5) is 10.1 Å². The summed E-state index contributed by atoms with van der Waals surface area (Å²) < 4.78 is 19.8. The molecule has 0 aromatic heterocycles. The van der Waals surface area contributed by atoms with Crippen molar-refractivity contribution in [1.29, 1.82) is 0 Å². The number of nitrogens with zero attached hydrogens (tertiary/aromatic N) is 1. The molecule has 1 aliphatic heterocycles. The molecular formula is C20H18FNO2S2. The normalized spacial score (nSPS) is 17.0. The highest BCUT2D eigenvalue weighted by Crippen LogP contribution is 2.37. The third-order valence-corrected chi connectivity index (χ3v) is 5.27. The van der Waals surface area contributed by atoms with Crippen LogP contribution in [0, 0.1) is 5.82 Å². The van der Waals surface area contributed by atoms with E-state index >= 15 is 0 Å². The lowest BCUT2D eigenvalue weighted by atomic mass is 10.1. The number of amides is 1. The molecule has 0 bridgehead atoms. The Bertz CT molecular complexity index is 882. The van der Waals surface area contributed by atoms with Crippen LogP contribution in [0.5, 0.6) is 5.75 Å². The van der Waals surface area contributed by atoms with Gasteiger partial charge in [-0.05, 0) is 43.7 Å². The van der Waals surface area contributed by atoms with Crippen molar-refractivity contribution in [2.75, 3.05) is 4.90 Å². The van der Waals surface area contributed by atoms with Crippen molar-refractivity contribution >= 4 is 46.0 Å². The van der Waals surface area contributed by atoms with E-state index in [9.17, 15) is 9.18 Å². The number of thioether (sulfide) groups is 1. The quantitative estimate of drug-likeness (QED) is 0.507. The zero-order chi connectivity index (χ0) is 18.7. The van der Waals surface area contributed by atoms with Gasteiger partial charge in [0.1, 0.15) is 11.6 Å². The average molecular weight is 388 g/mol. The van der Waals surface area contributed by atoms with E-state index in [-0.39, 0.29) is 12.0 Å². The highest BCUT2D eigenvalue weighted by molar-refractivity contribution is 8.27. The van der Waals surface area contributed by atoms with Gasteiger partial charge in [0.15, 0.2) is 4.32 Å². The standard InChI is InChI=1S/C20H18FNO2S2/c1-3-13(2)24-17-10-5-4-7-14(17)11-18-19(23)22(20(25)26-18)16-9-6-8-15(21)12-16/h4-13H,3H2,1-2H3/b18-11-/t13-/m0/s1. The first-order chi connectivity index (χ1) is 12.5. The summed E-state index contributed by atoms with van der Waals surface area (Å²) in [7, 11) is 0. The maximum Gasteiger partial charge on any atom is 0.270 e. The first-order valence-electron chi connectivity index (χ1n) is 8.28. The number of rotatable bonds is 5. The molecule has 0 N–H and O–H groups in total. The fourth-order valence-corrected chi connectivity index (χ4v) is 3.74. The summed E-state index contributed by atoms with van der Waals surface area (Å²) in [6, 6.07) is 13.4. The van der Waals surface area contributed by atoms with Crippen molar-refractivity contribution in [1.82, 2.24) is 0 Å². The molecule has 26 heavy (non-hydrogen) atoms. The van der Waals surface area contributed by atoms with Crippen molar-refractivity contribution in [3.8, 4) is 5.75 Å². The minimum Gasteiger partial charge on any atom is -0.490 e. The second-order valence-corrected chi connectivity index (χ2v) is 7.55. The van der Waals surface area contributed by atoms with Gasteiger partial charge >= 0.3 is 0 Å². The molecule has 2 aromatic carbocycles. The van der Waals surface area contributed by atoms with Crippen LogP contribution in [-0.4, -0.2) is 16.3 Å². The number of hydrogen-bond acceptors (Lipinski definition) is 4. The molecule has 6 heteroatoms. The first-order valence-corrected chi connectivity index (χ1v) is 9.51. The Morgan fingerprint density at radius 3 is 2.77 bits per heavy atom. The van der Waals surface area contributed by atoms with Crippen LogP contribution in [0.3, 0.4) is 0 Å². The summed E-state index contributed by atoms with van der Waals surface area (Å²) in [6.45, 7) is 4.05. The Balaban J connectivity index is 1.92. The number of hydrogen-bond donors (Lipinski definition) is 0. The number of anilines is 1. The molecule has 1 aliphatic rings. The van der Waals surface area contributed by atoms with Crippen LogP contribution in [0.25, 0.3) is 6.08 Å². The number of halogens is 1. The van der Waals surface area contributed by atoms with E-state index in [0.29, 0.717) is 14.9 Å². The fraction of sp³-hybridized carbons (Fsp3) is 0.200. The van der Waals surface area contributed by atoms with Gasteiger partial charge < -0.3 is 4.74 Å². The van der Waals surface area contributed by atoms with E-state index in [0.717, 1.165) is 17.7 Å². The molecule has 2 aromatic rings. The van der Waals surface area contributed by atoms with E-state index in [1.54, 1.807) is 18.2 Å². The molecule has 3 nitrogen and oxygen atoms in total. The van der Waals surface area contributed by atoms with Crippen molar-refractivity contribution in [3.05, 3.63) is 64.8 Å². The van der Waals surface area contributed by atoms with Crippen LogP contribution in [0.15, 0.2) is 53.4 Å². The SMILES string of the molecule is CC[C@H](C)Oc1ccccc1/C=C1\SC(=S)N(c2cccc(F)c2)C1=O. The lowest BCUT2D eigenvalue weighted by Gasteiger charge is -2.15. The van der Waals surface area contributed by atoms with Crippen molar-refractivity contribution in [3.63, 3.8) is 0 Å². The van der Waals surface area contributed by atoms with E-state index in [4.69, 9.17) is 17.0 Å².